The van der Waals surface area contributed by atoms with Crippen LogP contribution in [0, 0.1) is 13.8 Å². The zero-order valence-electron chi connectivity index (χ0n) is 11.4. The van der Waals surface area contributed by atoms with E-state index in [1.165, 1.54) is 11.1 Å². The fraction of sp³-hybridized carbons (Fsp3) is 0.533. The van der Waals surface area contributed by atoms with Gasteiger partial charge in [0.25, 0.3) is 0 Å². The van der Waals surface area contributed by atoms with Crippen LogP contribution in [0.4, 0.5) is 0 Å². The summed E-state index contributed by atoms with van der Waals surface area (Å²) in [5.74, 6) is 1.39. The molecule has 1 unspecified atom stereocenters. The van der Waals surface area contributed by atoms with Crippen LogP contribution in [0.2, 0.25) is 0 Å². The van der Waals surface area contributed by atoms with Crippen molar-refractivity contribution in [2.75, 3.05) is 25.4 Å². The van der Waals surface area contributed by atoms with Gasteiger partial charge in [-0.15, -0.1) is 0 Å². The molecule has 3 heteroatoms. The second-order valence-corrected chi connectivity index (χ2v) is 6.69. The van der Waals surface area contributed by atoms with Gasteiger partial charge in [-0.3, -0.25) is 9.69 Å². The summed E-state index contributed by atoms with van der Waals surface area (Å²) in [6, 6.07) is 6.00. The lowest BCUT2D eigenvalue weighted by Gasteiger charge is -2.29. The third-order valence-corrected chi connectivity index (χ3v) is 4.66. The van der Waals surface area contributed by atoms with E-state index in [0.29, 0.717) is 11.8 Å². The summed E-state index contributed by atoms with van der Waals surface area (Å²) in [6.07, 6.45) is 0. The molecule has 18 heavy (non-hydrogen) atoms. The Labute approximate surface area is 114 Å². The van der Waals surface area contributed by atoms with Gasteiger partial charge >= 0.3 is 0 Å². The average molecular weight is 263 g/mol. The zero-order chi connectivity index (χ0) is 13.1. The van der Waals surface area contributed by atoms with E-state index >= 15 is 0 Å². The summed E-state index contributed by atoms with van der Waals surface area (Å²) in [5.41, 5.74) is 3.29. The van der Waals surface area contributed by atoms with Crippen LogP contribution in [0.15, 0.2) is 18.2 Å². The van der Waals surface area contributed by atoms with Gasteiger partial charge in [0.1, 0.15) is 0 Å². The molecule has 2 nitrogen and oxygen atoms in total. The number of ketones is 1. The van der Waals surface area contributed by atoms with Crippen molar-refractivity contribution in [1.29, 1.82) is 0 Å². The van der Waals surface area contributed by atoms with Crippen molar-refractivity contribution in [1.82, 2.24) is 4.90 Å². The molecule has 0 N–H and O–H groups in total. The minimum atomic E-state index is 0.247. The van der Waals surface area contributed by atoms with Crippen LogP contribution in [-0.2, 0) is 0 Å². The first-order valence-corrected chi connectivity index (χ1v) is 7.55. The van der Waals surface area contributed by atoms with Crippen molar-refractivity contribution in [2.45, 2.75) is 26.0 Å². The first kappa shape index (κ1) is 13.6. The maximum Gasteiger partial charge on any atom is 0.176 e. The van der Waals surface area contributed by atoms with E-state index in [0.717, 1.165) is 24.4 Å². The fourth-order valence-electron chi connectivity index (χ4n) is 2.24. The Morgan fingerprint density at radius 3 is 2.83 bits per heavy atom. The molecule has 0 radical (unpaired) electrons. The van der Waals surface area contributed by atoms with Crippen molar-refractivity contribution in [3.63, 3.8) is 0 Å². The Morgan fingerprint density at radius 1 is 1.39 bits per heavy atom. The largest absolute Gasteiger partial charge is 0.294 e. The van der Waals surface area contributed by atoms with Crippen LogP contribution < -0.4 is 0 Å². The molecule has 0 aliphatic carbocycles. The third kappa shape index (κ3) is 3.36. The topological polar surface area (TPSA) is 20.3 Å². The van der Waals surface area contributed by atoms with E-state index in [1.807, 2.05) is 30.0 Å². The Kier molecular flexibility index (Phi) is 4.46. The molecular formula is C15H21NOS. The highest BCUT2D eigenvalue weighted by molar-refractivity contribution is 7.99. The molecule has 0 bridgehead atoms. The van der Waals surface area contributed by atoms with Crippen molar-refractivity contribution < 1.29 is 4.79 Å². The number of hydrogen-bond acceptors (Lipinski definition) is 3. The summed E-state index contributed by atoms with van der Waals surface area (Å²) in [6.45, 7) is 9.00. The molecule has 0 amide bonds. The second-order valence-electron chi connectivity index (χ2n) is 5.14. The lowest BCUT2D eigenvalue weighted by Crippen LogP contribution is -2.39. The van der Waals surface area contributed by atoms with Crippen molar-refractivity contribution in [3.8, 4) is 0 Å². The van der Waals surface area contributed by atoms with Crippen LogP contribution >= 0.6 is 11.8 Å². The summed E-state index contributed by atoms with van der Waals surface area (Å²) in [5, 5.41) is 0.645. The number of carbonyl (C=O) groups is 1. The van der Waals surface area contributed by atoms with Crippen molar-refractivity contribution in [2.24, 2.45) is 0 Å². The Bertz CT molecular complexity index is 444. The van der Waals surface area contributed by atoms with Gasteiger partial charge < -0.3 is 0 Å². The van der Waals surface area contributed by atoms with Crippen LogP contribution in [0.5, 0.6) is 0 Å². The number of Topliss-reactive ketones (excluding diaryl/α,β-unsaturated/α-hetero) is 1. The molecule has 1 atom stereocenters. The summed E-state index contributed by atoms with van der Waals surface area (Å²) >= 11 is 2.00. The van der Waals surface area contributed by atoms with Crippen molar-refractivity contribution >= 4 is 17.5 Å². The Morgan fingerprint density at radius 2 is 2.17 bits per heavy atom. The highest BCUT2D eigenvalue weighted by atomic mass is 32.2. The second kappa shape index (κ2) is 5.89. The number of benzene rings is 1. The average Bonchev–Trinajstić information content (AvgIpc) is 2.32. The van der Waals surface area contributed by atoms with E-state index in [-0.39, 0.29) is 5.78 Å². The number of aryl methyl sites for hydroxylation is 2. The van der Waals surface area contributed by atoms with Crippen LogP contribution in [0.3, 0.4) is 0 Å². The van der Waals surface area contributed by atoms with Gasteiger partial charge in [-0.1, -0.05) is 19.1 Å². The van der Waals surface area contributed by atoms with Gasteiger partial charge in [-0.2, -0.15) is 11.8 Å². The summed E-state index contributed by atoms with van der Waals surface area (Å²) in [4.78, 5) is 14.5. The molecule has 0 spiro atoms. The predicted octanol–water partition coefficient (Wildman–Crippen LogP) is 2.92. The minimum absolute atomic E-state index is 0.247. The Hall–Kier alpha value is -0.800. The highest BCUT2D eigenvalue weighted by Crippen LogP contribution is 2.18. The lowest BCUT2D eigenvalue weighted by molar-refractivity contribution is 0.0933. The van der Waals surface area contributed by atoms with E-state index < -0.39 is 0 Å². The monoisotopic (exact) mass is 263 g/mol. The van der Waals surface area contributed by atoms with E-state index in [1.54, 1.807) is 0 Å². The molecule has 0 aromatic heterocycles. The molecule has 1 heterocycles. The van der Waals surface area contributed by atoms with Crippen LogP contribution in [-0.4, -0.2) is 41.3 Å². The molecule has 98 valence electrons. The smallest absolute Gasteiger partial charge is 0.176 e. The van der Waals surface area contributed by atoms with E-state index in [2.05, 4.69) is 25.7 Å². The number of thioether (sulfide) groups is 1. The normalized spacial score (nSPS) is 20.9. The number of nitrogens with zero attached hydrogens (tertiary/aromatic N) is 1. The molecule has 0 saturated carbocycles. The fourth-order valence-corrected chi connectivity index (χ4v) is 3.33. The maximum absolute atomic E-state index is 12.2. The van der Waals surface area contributed by atoms with Gasteiger partial charge in [-0.25, -0.2) is 0 Å². The third-order valence-electron chi connectivity index (χ3n) is 3.52. The lowest BCUT2D eigenvalue weighted by atomic mass is 10.0. The highest BCUT2D eigenvalue weighted by Gasteiger charge is 2.19. The first-order chi connectivity index (χ1) is 8.56. The first-order valence-electron chi connectivity index (χ1n) is 6.50. The van der Waals surface area contributed by atoms with Crippen LogP contribution in [0.25, 0.3) is 0 Å². The van der Waals surface area contributed by atoms with Crippen LogP contribution in [0.1, 0.15) is 28.4 Å². The molecule has 1 aromatic carbocycles. The molecule has 2 rings (SSSR count). The number of rotatable bonds is 3. The van der Waals surface area contributed by atoms with Gasteiger partial charge in [0, 0.05) is 29.7 Å². The van der Waals surface area contributed by atoms with Gasteiger partial charge in [0.15, 0.2) is 5.78 Å². The Balaban J connectivity index is 2.00. The standard InChI is InChI=1S/C15H21NOS/c1-11-4-5-14(8-12(11)2)15(17)10-16-6-7-18-13(3)9-16/h4-5,8,13H,6-7,9-10H2,1-3H3. The molecule has 1 saturated heterocycles. The number of hydrogen-bond donors (Lipinski definition) is 0. The quantitative estimate of drug-likeness (QED) is 0.782. The molecule has 1 fully saturated rings. The SMILES string of the molecule is Cc1ccc(C(=O)CN2CCSC(C)C2)cc1C. The van der Waals surface area contributed by atoms with Crippen molar-refractivity contribution in [3.05, 3.63) is 34.9 Å². The number of carbonyl (C=O) groups excluding carboxylic acids is 1. The zero-order valence-corrected chi connectivity index (χ0v) is 12.2. The van der Waals surface area contributed by atoms with Gasteiger partial charge in [0.2, 0.25) is 0 Å². The summed E-state index contributed by atoms with van der Waals surface area (Å²) in [7, 11) is 0. The van der Waals surface area contributed by atoms with Gasteiger partial charge in [-0.05, 0) is 31.0 Å². The maximum atomic E-state index is 12.2. The molecule has 1 aliphatic heterocycles. The summed E-state index contributed by atoms with van der Waals surface area (Å²) < 4.78 is 0. The molecular weight excluding hydrogens is 242 g/mol. The molecule has 1 aliphatic rings. The minimum Gasteiger partial charge on any atom is -0.294 e. The molecule has 1 aromatic rings. The van der Waals surface area contributed by atoms with Gasteiger partial charge in [0.05, 0.1) is 6.54 Å². The van der Waals surface area contributed by atoms with E-state index in [9.17, 15) is 4.79 Å². The predicted molar refractivity (Wildman–Crippen MR) is 78.6 cm³/mol. The van der Waals surface area contributed by atoms with E-state index in [4.69, 9.17) is 0 Å².